The van der Waals surface area contributed by atoms with Gasteiger partial charge in [0.1, 0.15) is 17.3 Å². The van der Waals surface area contributed by atoms with E-state index in [2.05, 4.69) is 0 Å². The van der Waals surface area contributed by atoms with E-state index in [1.54, 1.807) is 24.3 Å². The van der Waals surface area contributed by atoms with Gasteiger partial charge in [-0.25, -0.2) is 0 Å². The van der Waals surface area contributed by atoms with Crippen molar-refractivity contribution in [1.82, 2.24) is 9.80 Å². The molecule has 1 aliphatic heterocycles. The molecule has 0 bridgehead atoms. The third kappa shape index (κ3) is 5.54. The molecule has 1 amide bonds. The van der Waals surface area contributed by atoms with Gasteiger partial charge in [-0.3, -0.25) is 9.59 Å². The maximum Gasteiger partial charge on any atom is 0.295 e. The van der Waals surface area contributed by atoms with Crippen LogP contribution in [0.4, 0.5) is 0 Å². The van der Waals surface area contributed by atoms with Crippen LogP contribution in [0.3, 0.4) is 0 Å². The van der Waals surface area contributed by atoms with Gasteiger partial charge in [0.25, 0.3) is 11.7 Å². The van der Waals surface area contributed by atoms with Crippen LogP contribution in [0.1, 0.15) is 37.4 Å². The summed E-state index contributed by atoms with van der Waals surface area (Å²) in [6.07, 6.45) is 0.683. The van der Waals surface area contributed by atoms with Crippen molar-refractivity contribution in [2.24, 2.45) is 0 Å². The van der Waals surface area contributed by atoms with E-state index in [-0.39, 0.29) is 11.3 Å². The number of ether oxygens (including phenoxy) is 2. The van der Waals surface area contributed by atoms with Gasteiger partial charge in [-0.15, -0.1) is 0 Å². The highest BCUT2D eigenvalue weighted by molar-refractivity contribution is 6.46. The van der Waals surface area contributed by atoms with E-state index in [1.807, 2.05) is 45.0 Å². The highest BCUT2D eigenvalue weighted by Crippen LogP contribution is 2.40. The third-order valence-corrected chi connectivity index (χ3v) is 5.85. The molecular formula is C26H31ClN2O5. The van der Waals surface area contributed by atoms with Crippen LogP contribution in [0.25, 0.3) is 5.76 Å². The van der Waals surface area contributed by atoms with Crippen LogP contribution in [0.2, 0.25) is 5.02 Å². The smallest absolute Gasteiger partial charge is 0.295 e. The van der Waals surface area contributed by atoms with Crippen LogP contribution in [0.15, 0.2) is 48.0 Å². The Kier molecular flexibility index (Phi) is 8.58. The Labute approximate surface area is 205 Å². The molecule has 0 spiro atoms. The van der Waals surface area contributed by atoms with Crippen molar-refractivity contribution >= 4 is 29.1 Å². The molecule has 7 nitrogen and oxygen atoms in total. The lowest BCUT2D eigenvalue weighted by molar-refractivity contribution is -0.139. The molecule has 1 aliphatic rings. The SMILES string of the molecule is CCOc1ccc(C2/C(=C(\O)c3ccc(OCC)c(Cl)c3)C(=O)C(=O)N2CCCN(C)C)cc1. The second-order valence-electron chi connectivity index (χ2n) is 8.23. The lowest BCUT2D eigenvalue weighted by Crippen LogP contribution is -2.32. The van der Waals surface area contributed by atoms with Crippen LogP contribution in [-0.2, 0) is 9.59 Å². The van der Waals surface area contributed by atoms with Gasteiger partial charge in [-0.2, -0.15) is 0 Å². The minimum Gasteiger partial charge on any atom is -0.507 e. The number of halogens is 1. The summed E-state index contributed by atoms with van der Waals surface area (Å²) in [6.45, 7) is 5.85. The Morgan fingerprint density at radius 2 is 1.74 bits per heavy atom. The number of carbonyl (C=O) groups is 2. The first kappa shape index (κ1) is 25.6. The number of nitrogens with zero attached hydrogens (tertiary/aromatic N) is 2. The van der Waals surface area contributed by atoms with Crippen molar-refractivity contribution in [2.45, 2.75) is 26.3 Å². The number of likely N-dealkylation sites (tertiary alicyclic amines) is 1. The predicted molar refractivity (Wildman–Crippen MR) is 132 cm³/mol. The molecule has 2 aromatic rings. The molecule has 1 N–H and O–H groups in total. The minimum absolute atomic E-state index is 0.0410. The molecule has 0 aliphatic carbocycles. The van der Waals surface area contributed by atoms with E-state index < -0.39 is 17.7 Å². The van der Waals surface area contributed by atoms with Gasteiger partial charge in [-0.1, -0.05) is 23.7 Å². The van der Waals surface area contributed by atoms with Gasteiger partial charge in [0.15, 0.2) is 0 Å². The number of amides is 1. The van der Waals surface area contributed by atoms with Crippen LogP contribution in [0, 0.1) is 0 Å². The van der Waals surface area contributed by atoms with Crippen molar-refractivity contribution in [3.05, 3.63) is 64.2 Å². The molecule has 0 saturated carbocycles. The molecule has 34 heavy (non-hydrogen) atoms. The first-order valence-corrected chi connectivity index (χ1v) is 11.7. The molecule has 0 radical (unpaired) electrons. The fourth-order valence-electron chi connectivity index (χ4n) is 4.00. The number of carbonyl (C=O) groups excluding carboxylic acids is 2. The minimum atomic E-state index is -0.719. The van der Waals surface area contributed by atoms with E-state index in [0.29, 0.717) is 53.8 Å². The van der Waals surface area contributed by atoms with Crippen molar-refractivity contribution in [2.75, 3.05) is 40.4 Å². The quantitative estimate of drug-likeness (QED) is 0.302. The van der Waals surface area contributed by atoms with Gasteiger partial charge in [-0.05, 0) is 76.8 Å². The molecule has 1 unspecified atom stereocenters. The van der Waals surface area contributed by atoms with Crippen LogP contribution >= 0.6 is 11.6 Å². The maximum atomic E-state index is 13.1. The first-order chi connectivity index (χ1) is 16.3. The van der Waals surface area contributed by atoms with Crippen molar-refractivity contribution in [1.29, 1.82) is 0 Å². The monoisotopic (exact) mass is 486 g/mol. The molecule has 1 atom stereocenters. The summed E-state index contributed by atoms with van der Waals surface area (Å²) in [5, 5.41) is 11.5. The number of benzene rings is 2. The summed E-state index contributed by atoms with van der Waals surface area (Å²) in [7, 11) is 3.90. The van der Waals surface area contributed by atoms with E-state index in [9.17, 15) is 14.7 Å². The normalized spacial score (nSPS) is 17.5. The van der Waals surface area contributed by atoms with E-state index >= 15 is 0 Å². The number of ketones is 1. The van der Waals surface area contributed by atoms with Gasteiger partial charge in [0, 0.05) is 12.1 Å². The van der Waals surface area contributed by atoms with Crippen molar-refractivity contribution < 1.29 is 24.2 Å². The molecular weight excluding hydrogens is 456 g/mol. The number of Topliss-reactive ketones (excluding diaryl/α,β-unsaturated/α-hetero) is 1. The average Bonchev–Trinajstić information content (AvgIpc) is 3.05. The number of rotatable bonds is 10. The first-order valence-electron chi connectivity index (χ1n) is 11.4. The topological polar surface area (TPSA) is 79.3 Å². The number of hydrogen-bond acceptors (Lipinski definition) is 6. The van der Waals surface area contributed by atoms with Crippen LogP contribution in [0.5, 0.6) is 11.5 Å². The highest BCUT2D eigenvalue weighted by atomic mass is 35.5. The number of aliphatic hydroxyl groups excluding tert-OH is 1. The van der Waals surface area contributed by atoms with Crippen LogP contribution in [-0.4, -0.2) is 67.0 Å². The summed E-state index contributed by atoms with van der Waals surface area (Å²) < 4.78 is 11.0. The summed E-state index contributed by atoms with van der Waals surface area (Å²) in [6, 6.07) is 11.3. The molecule has 1 fully saturated rings. The molecule has 1 saturated heterocycles. The maximum absolute atomic E-state index is 13.1. The van der Waals surface area contributed by atoms with E-state index in [0.717, 1.165) is 6.54 Å². The zero-order valence-corrected chi connectivity index (χ0v) is 20.8. The fourth-order valence-corrected chi connectivity index (χ4v) is 4.24. The third-order valence-electron chi connectivity index (χ3n) is 5.56. The molecule has 1 heterocycles. The fraction of sp³-hybridized carbons (Fsp3) is 0.385. The predicted octanol–water partition coefficient (Wildman–Crippen LogP) is 4.51. The highest BCUT2D eigenvalue weighted by Gasteiger charge is 2.45. The zero-order chi connectivity index (χ0) is 24.8. The number of aliphatic hydroxyl groups is 1. The second kappa shape index (κ2) is 11.4. The summed E-state index contributed by atoms with van der Waals surface area (Å²) >= 11 is 6.31. The molecule has 182 valence electrons. The van der Waals surface area contributed by atoms with E-state index in [4.69, 9.17) is 21.1 Å². The van der Waals surface area contributed by atoms with Gasteiger partial charge in [0.05, 0.1) is 29.9 Å². The van der Waals surface area contributed by atoms with Crippen molar-refractivity contribution in [3.63, 3.8) is 0 Å². The Balaban J connectivity index is 2.07. The van der Waals surface area contributed by atoms with Gasteiger partial charge < -0.3 is 24.4 Å². The second-order valence-corrected chi connectivity index (χ2v) is 8.64. The Morgan fingerprint density at radius 3 is 2.32 bits per heavy atom. The van der Waals surface area contributed by atoms with E-state index in [1.165, 1.54) is 11.0 Å². The molecule has 8 heteroatoms. The number of hydrogen-bond donors (Lipinski definition) is 1. The summed E-state index contributed by atoms with van der Waals surface area (Å²) in [5.41, 5.74) is 1.10. The largest absolute Gasteiger partial charge is 0.507 e. The van der Waals surface area contributed by atoms with Gasteiger partial charge in [0.2, 0.25) is 0 Å². The summed E-state index contributed by atoms with van der Waals surface area (Å²) in [5.74, 6) is -0.443. The molecule has 2 aromatic carbocycles. The average molecular weight is 487 g/mol. The standard InChI is InChI=1S/C26H31ClN2O5/c1-5-33-19-11-8-17(9-12-19)23-22(25(31)26(32)29(23)15-7-14-28(3)4)24(30)18-10-13-21(34-6-2)20(27)16-18/h8-13,16,23,30H,5-7,14-15H2,1-4H3/b24-22+. The lowest BCUT2D eigenvalue weighted by Gasteiger charge is -2.26. The lowest BCUT2D eigenvalue weighted by atomic mass is 9.95. The van der Waals surface area contributed by atoms with Gasteiger partial charge >= 0.3 is 0 Å². The Bertz CT molecular complexity index is 1070. The Hall–Kier alpha value is -3.03. The zero-order valence-electron chi connectivity index (χ0n) is 20.0. The Morgan fingerprint density at radius 1 is 1.06 bits per heavy atom. The van der Waals surface area contributed by atoms with Crippen LogP contribution < -0.4 is 9.47 Å². The molecule has 0 aromatic heterocycles. The summed E-state index contributed by atoms with van der Waals surface area (Å²) in [4.78, 5) is 29.7. The molecule has 3 rings (SSSR count). The van der Waals surface area contributed by atoms with Crippen molar-refractivity contribution in [3.8, 4) is 11.5 Å².